The SMILES string of the molecule is O=S(=O)(c1cc(F)cc(F)c1)N1CC[C@H]2[C@@H](CN2CC2CCCCC2)C1. The molecule has 1 aromatic carbocycles. The van der Waals surface area contributed by atoms with Crippen molar-refractivity contribution in [1.82, 2.24) is 9.21 Å². The number of sulfonamides is 1. The highest BCUT2D eigenvalue weighted by Crippen LogP contribution is 2.36. The van der Waals surface area contributed by atoms with Crippen LogP contribution in [0.3, 0.4) is 0 Å². The third kappa shape index (κ3) is 3.53. The monoisotopic (exact) mass is 384 g/mol. The first-order valence-electron chi connectivity index (χ1n) is 9.64. The molecule has 0 amide bonds. The molecule has 26 heavy (non-hydrogen) atoms. The molecular formula is C19H26F2N2O2S. The van der Waals surface area contributed by atoms with Crippen LogP contribution >= 0.6 is 0 Å². The van der Waals surface area contributed by atoms with Gasteiger partial charge in [-0.3, -0.25) is 4.90 Å². The van der Waals surface area contributed by atoms with Gasteiger partial charge >= 0.3 is 0 Å². The largest absolute Gasteiger partial charge is 0.299 e. The Kier molecular flexibility index (Phi) is 5.05. The van der Waals surface area contributed by atoms with E-state index in [-0.39, 0.29) is 4.90 Å². The summed E-state index contributed by atoms with van der Waals surface area (Å²) in [5.74, 6) is -0.594. The summed E-state index contributed by atoms with van der Waals surface area (Å²) >= 11 is 0. The van der Waals surface area contributed by atoms with Crippen LogP contribution in [0.25, 0.3) is 0 Å². The Bertz CT molecular complexity index is 745. The van der Waals surface area contributed by atoms with E-state index in [1.54, 1.807) is 0 Å². The van der Waals surface area contributed by atoms with Crippen LogP contribution < -0.4 is 0 Å². The molecule has 3 fully saturated rings. The van der Waals surface area contributed by atoms with E-state index in [1.807, 2.05) is 0 Å². The quantitative estimate of drug-likeness (QED) is 0.800. The fourth-order valence-corrected chi connectivity index (χ4v) is 6.46. The Labute approximate surface area is 154 Å². The third-order valence-electron chi connectivity index (χ3n) is 6.29. The zero-order chi connectivity index (χ0) is 18.3. The normalized spacial score (nSPS) is 28.5. The molecule has 7 heteroatoms. The van der Waals surface area contributed by atoms with E-state index in [0.717, 1.165) is 37.6 Å². The number of fused-ring (bicyclic) bond motifs is 1. The lowest BCUT2D eigenvalue weighted by atomic mass is 9.81. The van der Waals surface area contributed by atoms with Gasteiger partial charge in [-0.2, -0.15) is 4.31 Å². The van der Waals surface area contributed by atoms with Crippen molar-refractivity contribution in [1.29, 1.82) is 0 Å². The van der Waals surface area contributed by atoms with Crippen molar-refractivity contribution in [3.63, 3.8) is 0 Å². The lowest BCUT2D eigenvalue weighted by Gasteiger charge is -2.54. The second-order valence-electron chi connectivity index (χ2n) is 8.04. The molecule has 2 saturated heterocycles. The second kappa shape index (κ2) is 7.17. The lowest BCUT2D eigenvalue weighted by molar-refractivity contribution is -0.0369. The Balaban J connectivity index is 1.39. The highest BCUT2D eigenvalue weighted by molar-refractivity contribution is 7.89. The molecule has 0 radical (unpaired) electrons. The van der Waals surface area contributed by atoms with E-state index in [2.05, 4.69) is 4.90 Å². The van der Waals surface area contributed by atoms with Gasteiger partial charge in [0.1, 0.15) is 11.6 Å². The summed E-state index contributed by atoms with van der Waals surface area (Å²) < 4.78 is 53.7. The molecule has 2 heterocycles. The van der Waals surface area contributed by atoms with Gasteiger partial charge in [-0.05, 0) is 37.3 Å². The zero-order valence-corrected chi connectivity index (χ0v) is 15.7. The van der Waals surface area contributed by atoms with Crippen LogP contribution in [0, 0.1) is 23.5 Å². The van der Waals surface area contributed by atoms with Gasteiger partial charge in [-0.1, -0.05) is 19.3 Å². The molecule has 0 unspecified atom stereocenters. The van der Waals surface area contributed by atoms with Crippen molar-refractivity contribution in [3.8, 4) is 0 Å². The Morgan fingerprint density at radius 1 is 0.962 bits per heavy atom. The fraction of sp³-hybridized carbons (Fsp3) is 0.684. The summed E-state index contributed by atoms with van der Waals surface area (Å²) in [6, 6.07) is 2.97. The van der Waals surface area contributed by atoms with Gasteiger partial charge in [0.25, 0.3) is 0 Å². The van der Waals surface area contributed by atoms with E-state index in [1.165, 1.54) is 36.4 Å². The van der Waals surface area contributed by atoms with Crippen molar-refractivity contribution in [2.24, 2.45) is 11.8 Å². The van der Waals surface area contributed by atoms with Crippen molar-refractivity contribution in [2.75, 3.05) is 26.2 Å². The van der Waals surface area contributed by atoms with E-state index < -0.39 is 21.7 Å². The molecule has 1 aromatic rings. The van der Waals surface area contributed by atoms with Gasteiger partial charge < -0.3 is 0 Å². The molecule has 0 N–H and O–H groups in total. The Morgan fingerprint density at radius 3 is 2.31 bits per heavy atom. The molecule has 1 saturated carbocycles. The van der Waals surface area contributed by atoms with Gasteiger partial charge in [0, 0.05) is 44.2 Å². The molecule has 2 aliphatic heterocycles. The van der Waals surface area contributed by atoms with Crippen molar-refractivity contribution in [2.45, 2.75) is 49.5 Å². The fourth-order valence-electron chi connectivity index (χ4n) is 4.90. The Hall–Kier alpha value is -1.05. The van der Waals surface area contributed by atoms with Crippen LogP contribution in [0.2, 0.25) is 0 Å². The van der Waals surface area contributed by atoms with Crippen LogP contribution in [0.5, 0.6) is 0 Å². The standard InChI is InChI=1S/C19H26F2N2O2S/c20-16-8-17(21)10-18(9-16)26(24,25)23-7-6-19-15(13-23)12-22(19)11-14-4-2-1-3-5-14/h8-10,14-15,19H,1-7,11-13H2/t15-,19-/m0/s1. The van der Waals surface area contributed by atoms with E-state index >= 15 is 0 Å². The molecule has 144 valence electrons. The number of hydrogen-bond acceptors (Lipinski definition) is 3. The Morgan fingerprint density at radius 2 is 1.65 bits per heavy atom. The maximum Gasteiger partial charge on any atom is 0.243 e. The number of halogens is 2. The molecular weight excluding hydrogens is 358 g/mol. The van der Waals surface area contributed by atoms with Crippen LogP contribution in [-0.4, -0.2) is 49.8 Å². The van der Waals surface area contributed by atoms with Gasteiger partial charge in [0.05, 0.1) is 4.90 Å². The summed E-state index contributed by atoms with van der Waals surface area (Å²) in [4.78, 5) is 2.23. The van der Waals surface area contributed by atoms with Crippen LogP contribution in [0.1, 0.15) is 38.5 Å². The minimum Gasteiger partial charge on any atom is -0.299 e. The molecule has 4 nitrogen and oxygen atoms in total. The lowest BCUT2D eigenvalue weighted by Crippen LogP contribution is -2.64. The first-order chi connectivity index (χ1) is 12.4. The second-order valence-corrected chi connectivity index (χ2v) is 9.98. The highest BCUT2D eigenvalue weighted by atomic mass is 32.2. The zero-order valence-electron chi connectivity index (χ0n) is 14.9. The number of hydrogen-bond donors (Lipinski definition) is 0. The molecule has 1 aliphatic carbocycles. The van der Waals surface area contributed by atoms with Crippen LogP contribution in [0.15, 0.2) is 23.1 Å². The molecule has 0 spiro atoms. The number of benzene rings is 1. The number of rotatable bonds is 4. The molecule has 0 bridgehead atoms. The summed E-state index contributed by atoms with van der Waals surface area (Å²) in [5, 5.41) is 0. The maximum absolute atomic E-state index is 13.4. The molecule has 0 aromatic heterocycles. The first-order valence-corrected chi connectivity index (χ1v) is 11.1. The maximum atomic E-state index is 13.4. The predicted molar refractivity (Wildman–Crippen MR) is 95.2 cm³/mol. The van der Waals surface area contributed by atoms with Crippen molar-refractivity contribution in [3.05, 3.63) is 29.8 Å². The van der Waals surface area contributed by atoms with Crippen LogP contribution in [0.4, 0.5) is 8.78 Å². The van der Waals surface area contributed by atoms with E-state index in [4.69, 9.17) is 0 Å². The van der Waals surface area contributed by atoms with Crippen LogP contribution in [-0.2, 0) is 10.0 Å². The predicted octanol–water partition coefficient (Wildman–Crippen LogP) is 3.24. The summed E-state index contributed by atoms with van der Waals surface area (Å²) in [6.45, 7) is 2.95. The minimum absolute atomic E-state index is 0.285. The average molecular weight is 384 g/mol. The highest BCUT2D eigenvalue weighted by Gasteiger charge is 2.45. The first kappa shape index (κ1) is 18.3. The number of likely N-dealkylation sites (tertiary alicyclic amines) is 1. The summed E-state index contributed by atoms with van der Waals surface area (Å²) in [6.07, 6.45) is 7.47. The van der Waals surface area contributed by atoms with E-state index in [0.29, 0.717) is 31.1 Å². The molecule has 3 aliphatic rings. The average Bonchev–Trinajstić information content (AvgIpc) is 2.59. The molecule has 4 rings (SSSR count). The molecule has 2 atom stereocenters. The van der Waals surface area contributed by atoms with Gasteiger partial charge in [0.2, 0.25) is 10.0 Å². The van der Waals surface area contributed by atoms with Crippen molar-refractivity contribution < 1.29 is 17.2 Å². The summed E-state index contributed by atoms with van der Waals surface area (Å²) in [7, 11) is -3.84. The van der Waals surface area contributed by atoms with Gasteiger partial charge in [-0.15, -0.1) is 0 Å². The van der Waals surface area contributed by atoms with Gasteiger partial charge in [-0.25, -0.2) is 17.2 Å². The number of piperidine rings is 1. The topological polar surface area (TPSA) is 40.6 Å². The third-order valence-corrected chi connectivity index (χ3v) is 8.13. The van der Waals surface area contributed by atoms with E-state index in [9.17, 15) is 17.2 Å². The van der Waals surface area contributed by atoms with Gasteiger partial charge in [0.15, 0.2) is 0 Å². The smallest absolute Gasteiger partial charge is 0.243 e. The summed E-state index contributed by atoms with van der Waals surface area (Å²) in [5.41, 5.74) is 0. The minimum atomic E-state index is -3.84. The van der Waals surface area contributed by atoms with Crippen molar-refractivity contribution >= 4 is 10.0 Å². The number of nitrogens with zero attached hydrogens (tertiary/aromatic N) is 2.